The van der Waals surface area contributed by atoms with E-state index in [0.717, 1.165) is 10.0 Å². The van der Waals surface area contributed by atoms with Crippen LogP contribution in [0.4, 0.5) is 5.69 Å². The fraction of sp³-hybridized carbons (Fsp3) is 0.200. The molecule has 0 fully saturated rings. The second kappa shape index (κ2) is 8.73. The number of carbonyl (C=O) groups is 1. The molecule has 0 spiro atoms. The Kier molecular flexibility index (Phi) is 6.13. The molecule has 0 bridgehead atoms. The lowest BCUT2D eigenvalue weighted by Crippen LogP contribution is -2.13. The Hall–Kier alpha value is -2.80. The molecule has 0 atom stereocenters. The predicted molar refractivity (Wildman–Crippen MR) is 106 cm³/mol. The van der Waals surface area contributed by atoms with Crippen LogP contribution in [0.5, 0.6) is 11.5 Å². The summed E-state index contributed by atoms with van der Waals surface area (Å²) in [7, 11) is 3.12. The lowest BCUT2D eigenvalue weighted by atomic mass is 10.2. The maximum Gasteiger partial charge on any atom is 0.224 e. The molecule has 0 unspecified atom stereocenters. The second-order valence-electron chi connectivity index (χ2n) is 5.74. The molecule has 0 radical (unpaired) electrons. The topological polar surface area (TPSA) is 73.6 Å². The zero-order valence-corrected chi connectivity index (χ0v) is 16.6. The van der Waals surface area contributed by atoms with E-state index in [2.05, 4.69) is 26.2 Å². The lowest BCUT2D eigenvalue weighted by molar-refractivity contribution is -0.116. The summed E-state index contributed by atoms with van der Waals surface area (Å²) >= 11 is 3.44. The molecule has 3 rings (SSSR count). The minimum atomic E-state index is -0.152. The molecule has 1 aromatic heterocycles. The number of hydrogen-bond donors (Lipinski definition) is 1. The Morgan fingerprint density at radius 1 is 1.19 bits per heavy atom. The monoisotopic (exact) mass is 430 g/mol. The van der Waals surface area contributed by atoms with Crippen molar-refractivity contribution in [1.29, 1.82) is 0 Å². The molecule has 7 heteroatoms. The Morgan fingerprint density at radius 2 is 2.04 bits per heavy atom. The van der Waals surface area contributed by atoms with Gasteiger partial charge in [0.1, 0.15) is 11.5 Å². The van der Waals surface area contributed by atoms with Crippen LogP contribution in [0.15, 0.2) is 57.6 Å². The smallest absolute Gasteiger partial charge is 0.224 e. The van der Waals surface area contributed by atoms with Crippen LogP contribution in [0, 0.1) is 0 Å². The van der Waals surface area contributed by atoms with Gasteiger partial charge in [0.2, 0.25) is 5.91 Å². The Bertz CT molecular complexity index is 939. The third-order valence-corrected chi connectivity index (χ3v) is 4.40. The van der Waals surface area contributed by atoms with Crippen molar-refractivity contribution in [3.05, 3.63) is 59.0 Å². The minimum absolute atomic E-state index is 0.152. The zero-order valence-electron chi connectivity index (χ0n) is 15.0. The highest BCUT2D eigenvalue weighted by Gasteiger charge is 2.12. The molecule has 0 aliphatic rings. The van der Waals surface area contributed by atoms with E-state index in [1.54, 1.807) is 38.6 Å². The summed E-state index contributed by atoms with van der Waals surface area (Å²) in [5.74, 6) is 2.23. The van der Waals surface area contributed by atoms with E-state index >= 15 is 0 Å². The molecule has 27 heavy (non-hydrogen) atoms. The summed E-state index contributed by atoms with van der Waals surface area (Å²) in [6.45, 7) is 0. The molecular weight excluding hydrogens is 412 g/mol. The number of nitrogens with one attached hydrogen (secondary N) is 1. The summed E-state index contributed by atoms with van der Waals surface area (Å²) in [5, 5.41) is 2.83. The number of ether oxygens (including phenoxy) is 2. The highest BCUT2D eigenvalue weighted by Crippen LogP contribution is 2.29. The molecule has 140 valence electrons. The average Bonchev–Trinajstić information content (AvgIpc) is 3.16. The van der Waals surface area contributed by atoms with Crippen molar-refractivity contribution < 1.29 is 18.7 Å². The van der Waals surface area contributed by atoms with Crippen molar-refractivity contribution in [3.63, 3.8) is 0 Å². The van der Waals surface area contributed by atoms with Gasteiger partial charge in [-0.3, -0.25) is 4.79 Å². The summed E-state index contributed by atoms with van der Waals surface area (Å²) in [5.41, 5.74) is 1.51. The number of benzene rings is 2. The van der Waals surface area contributed by atoms with Crippen molar-refractivity contribution in [2.24, 2.45) is 0 Å². The van der Waals surface area contributed by atoms with Gasteiger partial charge in [-0.25, -0.2) is 4.98 Å². The number of anilines is 1. The number of halogens is 1. The van der Waals surface area contributed by atoms with Crippen LogP contribution in [0.1, 0.15) is 12.3 Å². The number of carbonyl (C=O) groups excluding carboxylic acids is 1. The van der Waals surface area contributed by atoms with Crippen molar-refractivity contribution in [3.8, 4) is 22.8 Å². The maximum absolute atomic E-state index is 12.3. The first kappa shape index (κ1) is 19.0. The maximum atomic E-state index is 12.3. The predicted octanol–water partition coefficient (Wildman–Crippen LogP) is 4.69. The SMILES string of the molecule is COc1ccc(NC(=O)CCc2ncc(-c3cccc(Br)c3)o2)c(OC)c1. The standard InChI is InChI=1S/C20H19BrN2O4/c1-25-15-6-7-16(17(11-15)26-2)23-19(24)8-9-20-22-12-18(27-20)13-4-3-5-14(21)10-13/h3-7,10-12H,8-9H2,1-2H3,(H,23,24). The summed E-state index contributed by atoms with van der Waals surface area (Å²) in [6, 6.07) is 13.0. The number of methoxy groups -OCH3 is 2. The van der Waals surface area contributed by atoms with E-state index in [4.69, 9.17) is 13.9 Å². The van der Waals surface area contributed by atoms with Crippen molar-refractivity contribution in [1.82, 2.24) is 4.98 Å². The van der Waals surface area contributed by atoms with E-state index < -0.39 is 0 Å². The summed E-state index contributed by atoms with van der Waals surface area (Å²) in [4.78, 5) is 16.5. The van der Waals surface area contributed by atoms with Crippen LogP contribution in [-0.4, -0.2) is 25.1 Å². The van der Waals surface area contributed by atoms with Gasteiger partial charge >= 0.3 is 0 Å². The van der Waals surface area contributed by atoms with Gasteiger partial charge in [-0.1, -0.05) is 28.1 Å². The van der Waals surface area contributed by atoms with Crippen LogP contribution in [0.3, 0.4) is 0 Å². The quantitative estimate of drug-likeness (QED) is 0.588. The molecule has 2 aromatic carbocycles. The third-order valence-electron chi connectivity index (χ3n) is 3.91. The van der Waals surface area contributed by atoms with Crippen molar-refractivity contribution >= 4 is 27.5 Å². The largest absolute Gasteiger partial charge is 0.497 e. The molecule has 0 saturated heterocycles. The van der Waals surface area contributed by atoms with E-state index in [1.807, 2.05) is 24.3 Å². The molecule has 0 aliphatic carbocycles. The highest BCUT2D eigenvalue weighted by molar-refractivity contribution is 9.10. The van der Waals surface area contributed by atoms with Gasteiger partial charge in [-0.2, -0.15) is 0 Å². The fourth-order valence-electron chi connectivity index (χ4n) is 2.54. The second-order valence-corrected chi connectivity index (χ2v) is 6.66. The molecule has 0 saturated carbocycles. The van der Waals surface area contributed by atoms with Crippen molar-refractivity contribution in [2.75, 3.05) is 19.5 Å². The Labute approximate surface area is 165 Å². The zero-order chi connectivity index (χ0) is 19.2. The van der Waals surface area contributed by atoms with Gasteiger partial charge < -0.3 is 19.2 Å². The van der Waals surface area contributed by atoms with E-state index in [-0.39, 0.29) is 12.3 Å². The molecule has 3 aromatic rings. The molecule has 0 aliphatic heterocycles. The minimum Gasteiger partial charge on any atom is -0.497 e. The summed E-state index contributed by atoms with van der Waals surface area (Å²) in [6.07, 6.45) is 2.31. The van der Waals surface area contributed by atoms with E-state index in [0.29, 0.717) is 35.3 Å². The van der Waals surface area contributed by atoms with E-state index in [1.165, 1.54) is 0 Å². The molecule has 1 N–H and O–H groups in total. The Morgan fingerprint density at radius 3 is 2.78 bits per heavy atom. The van der Waals surface area contributed by atoms with Gasteiger partial charge in [0, 0.05) is 28.9 Å². The average molecular weight is 431 g/mol. The molecule has 1 heterocycles. The molecular formula is C20H19BrN2O4. The van der Waals surface area contributed by atoms with Crippen LogP contribution < -0.4 is 14.8 Å². The number of oxazole rings is 1. The van der Waals surface area contributed by atoms with Crippen LogP contribution in [-0.2, 0) is 11.2 Å². The molecule has 1 amide bonds. The third kappa shape index (κ3) is 4.89. The van der Waals surface area contributed by atoms with Gasteiger partial charge in [0.05, 0.1) is 26.1 Å². The first-order valence-electron chi connectivity index (χ1n) is 8.31. The number of aromatic nitrogens is 1. The van der Waals surface area contributed by atoms with Crippen LogP contribution in [0.25, 0.3) is 11.3 Å². The highest BCUT2D eigenvalue weighted by atomic mass is 79.9. The first-order chi connectivity index (χ1) is 13.1. The van der Waals surface area contributed by atoms with Crippen LogP contribution in [0.2, 0.25) is 0 Å². The van der Waals surface area contributed by atoms with Gasteiger partial charge in [-0.15, -0.1) is 0 Å². The van der Waals surface area contributed by atoms with Crippen molar-refractivity contribution in [2.45, 2.75) is 12.8 Å². The van der Waals surface area contributed by atoms with Gasteiger partial charge in [0.15, 0.2) is 11.7 Å². The first-order valence-corrected chi connectivity index (χ1v) is 9.11. The van der Waals surface area contributed by atoms with Gasteiger partial charge in [-0.05, 0) is 24.3 Å². The number of amides is 1. The van der Waals surface area contributed by atoms with E-state index in [9.17, 15) is 4.79 Å². The normalized spacial score (nSPS) is 10.5. The number of aryl methyl sites for hydroxylation is 1. The Balaban J connectivity index is 1.60. The number of rotatable bonds is 7. The summed E-state index contributed by atoms with van der Waals surface area (Å²) < 4.78 is 17.1. The lowest BCUT2D eigenvalue weighted by Gasteiger charge is -2.11. The fourth-order valence-corrected chi connectivity index (χ4v) is 2.94. The van der Waals surface area contributed by atoms with Gasteiger partial charge in [0.25, 0.3) is 0 Å². The number of hydrogen-bond acceptors (Lipinski definition) is 5. The molecule has 6 nitrogen and oxygen atoms in total. The number of nitrogens with zero attached hydrogens (tertiary/aromatic N) is 1. The van der Waals surface area contributed by atoms with Crippen LogP contribution >= 0.6 is 15.9 Å².